The minimum Gasteiger partial charge on any atom is -0.377 e. The molecule has 3 aromatic rings. The first-order valence-electron chi connectivity index (χ1n) is 8.29. The van der Waals surface area contributed by atoms with E-state index in [0.717, 1.165) is 22.5 Å². The number of anilines is 1. The molecule has 6 nitrogen and oxygen atoms in total. The van der Waals surface area contributed by atoms with Crippen LogP contribution >= 0.6 is 0 Å². The van der Waals surface area contributed by atoms with E-state index in [-0.39, 0.29) is 0 Å². The number of nitrogens with zero attached hydrogens (tertiary/aromatic N) is 2. The lowest BCUT2D eigenvalue weighted by Crippen LogP contribution is -2.12. The Morgan fingerprint density at radius 1 is 1.23 bits per heavy atom. The number of pyridine rings is 1. The number of aryl methyl sites for hydroxylation is 1. The van der Waals surface area contributed by atoms with Gasteiger partial charge in [-0.2, -0.15) is 0 Å². The average Bonchev–Trinajstić information content (AvgIpc) is 3.15. The summed E-state index contributed by atoms with van der Waals surface area (Å²) < 4.78 is 5.52. The number of amides is 1. The molecule has 0 radical (unpaired) electrons. The van der Waals surface area contributed by atoms with Crippen LogP contribution in [0.4, 0.5) is 5.69 Å². The highest BCUT2D eigenvalue weighted by molar-refractivity contribution is 5.77. The molecule has 2 heterocycles. The van der Waals surface area contributed by atoms with Gasteiger partial charge in [0.2, 0.25) is 6.41 Å². The summed E-state index contributed by atoms with van der Waals surface area (Å²) in [5, 5.41) is 10.2. The van der Waals surface area contributed by atoms with E-state index < -0.39 is 0 Å². The van der Waals surface area contributed by atoms with E-state index in [1.807, 2.05) is 62.4 Å². The third kappa shape index (κ3) is 3.97. The molecule has 2 aromatic heterocycles. The minimum absolute atomic E-state index is 0.592. The highest BCUT2D eigenvalue weighted by Crippen LogP contribution is 2.27. The van der Waals surface area contributed by atoms with Crippen molar-refractivity contribution >= 4 is 17.8 Å². The monoisotopic (exact) mass is 348 g/mol. The molecule has 0 saturated carbocycles. The van der Waals surface area contributed by atoms with Gasteiger partial charge in [0.25, 0.3) is 0 Å². The van der Waals surface area contributed by atoms with Crippen molar-refractivity contribution in [1.82, 2.24) is 15.5 Å². The lowest BCUT2D eigenvalue weighted by Gasteiger charge is -2.07. The Morgan fingerprint density at radius 2 is 2.12 bits per heavy atom. The van der Waals surface area contributed by atoms with Crippen molar-refractivity contribution in [3.05, 3.63) is 71.8 Å². The number of carbonyl (C=O) groups excluding carboxylic acids is 1. The molecule has 0 fully saturated rings. The van der Waals surface area contributed by atoms with Gasteiger partial charge in [-0.1, -0.05) is 23.4 Å². The first kappa shape index (κ1) is 17.4. The van der Waals surface area contributed by atoms with Crippen LogP contribution in [0.15, 0.2) is 59.3 Å². The van der Waals surface area contributed by atoms with Gasteiger partial charge in [0.1, 0.15) is 5.69 Å². The molecule has 0 saturated heterocycles. The third-order valence-corrected chi connectivity index (χ3v) is 3.99. The minimum atomic E-state index is 0.592. The van der Waals surface area contributed by atoms with Gasteiger partial charge < -0.3 is 15.2 Å². The molecule has 6 heteroatoms. The Kier molecular flexibility index (Phi) is 5.43. The van der Waals surface area contributed by atoms with Gasteiger partial charge in [0.05, 0.1) is 17.9 Å². The van der Waals surface area contributed by atoms with Crippen LogP contribution in [0.1, 0.15) is 23.9 Å². The maximum Gasteiger partial charge on any atom is 0.211 e. The smallest absolute Gasteiger partial charge is 0.211 e. The summed E-state index contributed by atoms with van der Waals surface area (Å²) in [5.74, 6) is 0.645. The molecule has 0 spiro atoms. The Bertz CT molecular complexity index is 917. The molecule has 0 atom stereocenters. The number of hydrogen-bond acceptors (Lipinski definition) is 5. The quantitative estimate of drug-likeness (QED) is 0.636. The highest BCUT2D eigenvalue weighted by Gasteiger charge is 2.13. The first-order valence-corrected chi connectivity index (χ1v) is 8.29. The fraction of sp³-hybridized carbons (Fsp3) is 0.150. The lowest BCUT2D eigenvalue weighted by atomic mass is 10.0. The summed E-state index contributed by atoms with van der Waals surface area (Å²) in [6.07, 6.45) is 4.36. The number of benzene rings is 1. The molecule has 0 aliphatic rings. The molecule has 1 aromatic carbocycles. The lowest BCUT2D eigenvalue weighted by molar-refractivity contribution is -0.105. The van der Waals surface area contributed by atoms with Crippen LogP contribution in [0.5, 0.6) is 0 Å². The van der Waals surface area contributed by atoms with E-state index in [1.165, 1.54) is 0 Å². The summed E-state index contributed by atoms with van der Waals surface area (Å²) in [5.41, 5.74) is 5.16. The normalized spacial score (nSPS) is 11.2. The van der Waals surface area contributed by atoms with Crippen LogP contribution in [-0.2, 0) is 11.3 Å². The molecule has 26 heavy (non-hydrogen) atoms. The molecule has 2 N–H and O–H groups in total. The largest absolute Gasteiger partial charge is 0.377 e. The molecule has 0 unspecified atom stereocenters. The van der Waals surface area contributed by atoms with E-state index in [0.29, 0.717) is 30.1 Å². The molecule has 1 amide bonds. The van der Waals surface area contributed by atoms with Crippen molar-refractivity contribution < 1.29 is 9.32 Å². The predicted molar refractivity (Wildman–Crippen MR) is 101 cm³/mol. The zero-order valence-electron chi connectivity index (χ0n) is 14.7. The standard InChI is InChI=1S/C20H20N4O2/c1-3-18(22-12-16-6-4-5-9-21-16)20-11-19(24-26-20)17-10-15(23-13-25)8-7-14(17)2/h3-11,13,22H,12H2,1-2H3,(H,23,25)/b18-3-. The van der Waals surface area contributed by atoms with E-state index in [1.54, 1.807) is 6.20 Å². The van der Waals surface area contributed by atoms with Gasteiger partial charge in [-0.15, -0.1) is 0 Å². The van der Waals surface area contributed by atoms with Crippen LogP contribution in [0.3, 0.4) is 0 Å². The predicted octanol–water partition coefficient (Wildman–Crippen LogP) is 3.76. The van der Waals surface area contributed by atoms with Crippen LogP contribution in [0.25, 0.3) is 17.0 Å². The van der Waals surface area contributed by atoms with E-state index in [4.69, 9.17) is 4.52 Å². The molecule has 0 aliphatic carbocycles. The van der Waals surface area contributed by atoms with E-state index in [9.17, 15) is 4.79 Å². The van der Waals surface area contributed by atoms with E-state index in [2.05, 4.69) is 20.8 Å². The van der Waals surface area contributed by atoms with Crippen LogP contribution < -0.4 is 10.6 Å². The van der Waals surface area contributed by atoms with Crippen molar-refractivity contribution in [2.75, 3.05) is 5.32 Å². The Morgan fingerprint density at radius 3 is 2.85 bits per heavy atom. The van der Waals surface area contributed by atoms with Crippen LogP contribution in [-0.4, -0.2) is 16.6 Å². The number of nitrogens with one attached hydrogen (secondary N) is 2. The summed E-state index contributed by atoms with van der Waals surface area (Å²) in [7, 11) is 0. The maximum absolute atomic E-state index is 10.7. The topological polar surface area (TPSA) is 80.0 Å². The number of allylic oxidation sites excluding steroid dienone is 1. The zero-order chi connectivity index (χ0) is 18.4. The fourth-order valence-corrected chi connectivity index (χ4v) is 2.60. The highest BCUT2D eigenvalue weighted by atomic mass is 16.5. The molecular weight excluding hydrogens is 328 g/mol. The van der Waals surface area contributed by atoms with E-state index >= 15 is 0 Å². The number of carbonyl (C=O) groups is 1. The van der Waals surface area contributed by atoms with Gasteiger partial charge >= 0.3 is 0 Å². The van der Waals surface area contributed by atoms with Gasteiger partial charge in [0, 0.05) is 23.5 Å². The molecule has 3 rings (SSSR count). The van der Waals surface area contributed by atoms with Crippen molar-refractivity contribution in [2.45, 2.75) is 20.4 Å². The number of hydrogen-bond donors (Lipinski definition) is 2. The van der Waals surface area contributed by atoms with Gasteiger partial charge in [0.15, 0.2) is 5.76 Å². The van der Waals surface area contributed by atoms with Gasteiger partial charge in [-0.25, -0.2) is 0 Å². The second-order valence-corrected chi connectivity index (χ2v) is 5.75. The van der Waals surface area contributed by atoms with Crippen molar-refractivity contribution in [3.8, 4) is 11.3 Å². The Hall–Kier alpha value is -3.41. The second kappa shape index (κ2) is 8.11. The molecule has 0 aliphatic heterocycles. The van der Waals surface area contributed by atoms with Gasteiger partial charge in [-0.3, -0.25) is 9.78 Å². The summed E-state index contributed by atoms with van der Waals surface area (Å²) >= 11 is 0. The number of aromatic nitrogens is 2. The number of rotatable bonds is 7. The molecule has 132 valence electrons. The van der Waals surface area contributed by atoms with Crippen LogP contribution in [0.2, 0.25) is 0 Å². The SMILES string of the molecule is C/C=C(\NCc1ccccn1)c1cc(-c2cc(NC=O)ccc2C)no1. The maximum atomic E-state index is 10.7. The third-order valence-electron chi connectivity index (χ3n) is 3.99. The van der Waals surface area contributed by atoms with Gasteiger partial charge in [-0.05, 0) is 43.7 Å². The first-order chi connectivity index (χ1) is 12.7. The Balaban J connectivity index is 1.80. The zero-order valence-corrected chi connectivity index (χ0v) is 14.7. The van der Waals surface area contributed by atoms with Crippen LogP contribution in [0, 0.1) is 6.92 Å². The molecule has 0 bridgehead atoms. The average molecular weight is 348 g/mol. The van der Waals surface area contributed by atoms with Crippen molar-refractivity contribution in [1.29, 1.82) is 0 Å². The second-order valence-electron chi connectivity index (χ2n) is 5.75. The summed E-state index contributed by atoms with van der Waals surface area (Å²) in [6.45, 7) is 4.52. The molecular formula is C20H20N4O2. The van der Waals surface area contributed by atoms with Crippen molar-refractivity contribution in [3.63, 3.8) is 0 Å². The fourth-order valence-electron chi connectivity index (χ4n) is 2.60. The van der Waals surface area contributed by atoms with Crippen molar-refractivity contribution in [2.24, 2.45) is 0 Å². The summed E-state index contributed by atoms with van der Waals surface area (Å²) in [6, 6.07) is 13.3. The summed E-state index contributed by atoms with van der Waals surface area (Å²) in [4.78, 5) is 15.0. The Labute approximate surface area is 151 Å².